The number of rotatable bonds is 6. The van der Waals surface area contributed by atoms with Crippen LogP contribution in [0.15, 0.2) is 36.5 Å². The van der Waals surface area contributed by atoms with Gasteiger partial charge in [-0.15, -0.1) is 0 Å². The summed E-state index contributed by atoms with van der Waals surface area (Å²) >= 11 is 0. The van der Waals surface area contributed by atoms with E-state index >= 15 is 0 Å². The summed E-state index contributed by atoms with van der Waals surface area (Å²) < 4.78 is 8.38. The van der Waals surface area contributed by atoms with Crippen LogP contribution in [0, 0.1) is 17.8 Å². The lowest BCUT2D eigenvalue weighted by molar-refractivity contribution is 0.242. The van der Waals surface area contributed by atoms with E-state index < -0.39 is 0 Å². The molecule has 1 aliphatic rings. The van der Waals surface area contributed by atoms with Crippen molar-refractivity contribution in [3.8, 4) is 29.0 Å². The highest BCUT2D eigenvalue weighted by Gasteiger charge is 2.26. The number of unbranched alkanes of at least 4 members (excludes halogenated alkanes) is 1. The topological polar surface area (TPSA) is 53.1 Å². The van der Waals surface area contributed by atoms with Gasteiger partial charge < -0.3 is 15.0 Å². The maximum atomic E-state index is 5.99. The highest BCUT2D eigenvalue weighted by molar-refractivity contribution is 5.95. The molecule has 0 bridgehead atoms. The Hall–Kier alpha value is -2.93. The minimum Gasteiger partial charge on any atom is -0.491 e. The first-order valence-electron chi connectivity index (χ1n) is 10.6. The number of fused-ring (bicyclic) bond motifs is 1. The Bertz CT molecular complexity index is 1060. The zero-order chi connectivity index (χ0) is 20.4. The van der Waals surface area contributed by atoms with Gasteiger partial charge in [0.25, 0.3) is 0 Å². The molecule has 2 heterocycles. The summed E-state index contributed by atoms with van der Waals surface area (Å²) in [5.41, 5.74) is 10.8. The average Bonchev–Trinajstić information content (AvgIpc) is 3.46. The third kappa shape index (κ3) is 4.24. The van der Waals surface area contributed by atoms with Crippen LogP contribution in [-0.2, 0) is 6.54 Å². The fraction of sp³-hybridized carbons (Fsp3) is 0.400. The number of nitrogens with two attached hydrogens (primary N) is 1. The molecule has 0 saturated heterocycles. The molecule has 4 rings (SSSR count). The summed E-state index contributed by atoms with van der Waals surface area (Å²) in [7, 11) is 0. The van der Waals surface area contributed by atoms with E-state index in [1.807, 2.05) is 12.1 Å². The summed E-state index contributed by atoms with van der Waals surface area (Å²) in [5.74, 6) is 8.43. The number of pyridine rings is 1. The van der Waals surface area contributed by atoms with Gasteiger partial charge in [-0.3, -0.25) is 4.98 Å². The summed E-state index contributed by atoms with van der Waals surface area (Å²) in [5, 5.41) is 1.17. The first kappa shape index (κ1) is 19.4. The average molecular weight is 388 g/mol. The third-order valence-electron chi connectivity index (χ3n) is 5.16. The third-order valence-corrected chi connectivity index (χ3v) is 5.16. The highest BCUT2D eigenvalue weighted by Crippen LogP contribution is 2.39. The van der Waals surface area contributed by atoms with E-state index in [4.69, 9.17) is 10.5 Å². The monoisotopic (exact) mass is 387 g/mol. The van der Waals surface area contributed by atoms with Crippen molar-refractivity contribution in [1.82, 2.24) is 9.55 Å². The molecule has 0 radical (unpaired) electrons. The molecular weight excluding hydrogens is 358 g/mol. The zero-order valence-corrected chi connectivity index (χ0v) is 17.5. The fourth-order valence-corrected chi connectivity index (χ4v) is 3.64. The van der Waals surface area contributed by atoms with Crippen molar-refractivity contribution in [2.45, 2.75) is 59.1 Å². The molecule has 150 valence electrons. The van der Waals surface area contributed by atoms with Crippen molar-refractivity contribution in [2.24, 2.45) is 5.92 Å². The van der Waals surface area contributed by atoms with Crippen molar-refractivity contribution in [1.29, 1.82) is 0 Å². The van der Waals surface area contributed by atoms with E-state index in [1.54, 1.807) is 6.20 Å². The number of nitrogens with zero attached hydrogens (tertiary/aromatic N) is 2. The van der Waals surface area contributed by atoms with Gasteiger partial charge in [0.05, 0.1) is 40.5 Å². The summed E-state index contributed by atoms with van der Waals surface area (Å²) in [6.07, 6.45) is 6.38. The molecule has 4 heteroatoms. The van der Waals surface area contributed by atoms with Crippen LogP contribution in [0.3, 0.4) is 0 Å². The molecule has 1 aromatic carbocycles. The molecule has 0 atom stereocenters. The predicted octanol–water partition coefficient (Wildman–Crippen LogP) is 5.63. The Morgan fingerprint density at radius 3 is 2.72 bits per heavy atom. The van der Waals surface area contributed by atoms with Crippen LogP contribution in [0.2, 0.25) is 0 Å². The number of benzene rings is 1. The van der Waals surface area contributed by atoms with E-state index in [0.717, 1.165) is 48.0 Å². The first-order valence-corrected chi connectivity index (χ1v) is 10.6. The number of hydrogen-bond donors (Lipinski definition) is 1. The molecule has 29 heavy (non-hydrogen) atoms. The summed E-state index contributed by atoms with van der Waals surface area (Å²) in [6, 6.07) is 10.3. The Balaban J connectivity index is 1.95. The predicted molar refractivity (Wildman–Crippen MR) is 120 cm³/mol. The van der Waals surface area contributed by atoms with E-state index in [-0.39, 0.29) is 6.10 Å². The molecule has 0 spiro atoms. The van der Waals surface area contributed by atoms with Gasteiger partial charge in [0.15, 0.2) is 0 Å². The molecule has 2 aromatic heterocycles. The van der Waals surface area contributed by atoms with Gasteiger partial charge in [-0.2, -0.15) is 0 Å². The molecule has 1 fully saturated rings. The molecule has 2 N–H and O–H groups in total. The lowest BCUT2D eigenvalue weighted by atomic mass is 10.1. The SMILES string of the molecule is CCCC#Cc1c(-c2ccc(N)cn2)n(CC2CC2)c2cc(OC(C)C)ccc12. The van der Waals surface area contributed by atoms with E-state index in [1.165, 1.54) is 23.7 Å². The van der Waals surface area contributed by atoms with Crippen molar-refractivity contribution in [3.63, 3.8) is 0 Å². The fourth-order valence-electron chi connectivity index (χ4n) is 3.64. The van der Waals surface area contributed by atoms with Crippen LogP contribution < -0.4 is 10.5 Å². The van der Waals surface area contributed by atoms with Crippen molar-refractivity contribution in [3.05, 3.63) is 42.1 Å². The Morgan fingerprint density at radius 2 is 2.07 bits per heavy atom. The van der Waals surface area contributed by atoms with Gasteiger partial charge in [0.2, 0.25) is 0 Å². The lowest BCUT2D eigenvalue weighted by Crippen LogP contribution is -2.06. The smallest absolute Gasteiger partial charge is 0.121 e. The number of nitrogen functional groups attached to an aromatic ring is 1. The molecular formula is C25H29N3O. The standard InChI is InChI=1S/C25H29N3O/c1-4-5-6-7-22-21-12-11-20(29-17(2)3)14-24(21)28(16-18-8-9-18)25(22)23-13-10-19(26)15-27-23/h10-15,17-18H,4-5,8-9,16,26H2,1-3H3. The summed E-state index contributed by atoms with van der Waals surface area (Å²) in [4.78, 5) is 4.65. The molecule has 0 unspecified atom stereocenters. The second kappa shape index (κ2) is 8.21. The van der Waals surface area contributed by atoms with Crippen LogP contribution >= 0.6 is 0 Å². The zero-order valence-electron chi connectivity index (χ0n) is 17.5. The van der Waals surface area contributed by atoms with E-state index in [9.17, 15) is 0 Å². The Kier molecular flexibility index (Phi) is 5.49. The molecule has 4 nitrogen and oxygen atoms in total. The molecule has 3 aromatic rings. The van der Waals surface area contributed by atoms with Gasteiger partial charge in [-0.1, -0.05) is 18.8 Å². The molecule has 0 aliphatic heterocycles. The van der Waals surface area contributed by atoms with Gasteiger partial charge in [-0.25, -0.2) is 0 Å². The highest BCUT2D eigenvalue weighted by atomic mass is 16.5. The van der Waals surface area contributed by atoms with Gasteiger partial charge in [-0.05, 0) is 63.3 Å². The Morgan fingerprint density at radius 1 is 1.24 bits per heavy atom. The number of anilines is 1. The van der Waals surface area contributed by atoms with Crippen molar-refractivity contribution >= 4 is 16.6 Å². The minimum atomic E-state index is 0.140. The largest absolute Gasteiger partial charge is 0.491 e. The molecule has 1 aliphatic carbocycles. The van der Waals surface area contributed by atoms with Crippen LogP contribution in [0.4, 0.5) is 5.69 Å². The van der Waals surface area contributed by atoms with E-state index in [0.29, 0.717) is 5.69 Å². The van der Waals surface area contributed by atoms with Gasteiger partial charge in [0, 0.05) is 24.4 Å². The second-order valence-electron chi connectivity index (χ2n) is 8.15. The Labute approximate surface area is 173 Å². The van der Waals surface area contributed by atoms with Crippen molar-refractivity contribution < 1.29 is 4.74 Å². The van der Waals surface area contributed by atoms with E-state index in [2.05, 4.69) is 60.4 Å². The minimum absolute atomic E-state index is 0.140. The van der Waals surface area contributed by atoms with Crippen LogP contribution in [0.1, 0.15) is 52.0 Å². The first-order chi connectivity index (χ1) is 14.1. The van der Waals surface area contributed by atoms with Gasteiger partial charge >= 0.3 is 0 Å². The summed E-state index contributed by atoms with van der Waals surface area (Å²) in [6.45, 7) is 7.25. The molecule has 1 saturated carbocycles. The normalized spacial score (nSPS) is 13.5. The maximum Gasteiger partial charge on any atom is 0.121 e. The number of aromatic nitrogens is 2. The maximum absolute atomic E-state index is 5.99. The van der Waals surface area contributed by atoms with Crippen molar-refractivity contribution in [2.75, 3.05) is 5.73 Å². The number of ether oxygens (including phenoxy) is 1. The quantitative estimate of drug-likeness (QED) is 0.557. The second-order valence-corrected chi connectivity index (χ2v) is 8.15. The molecule has 0 amide bonds. The van der Waals surface area contributed by atoms with Crippen LogP contribution in [-0.4, -0.2) is 15.7 Å². The van der Waals surface area contributed by atoms with Gasteiger partial charge in [0.1, 0.15) is 5.75 Å². The van der Waals surface area contributed by atoms with Crippen LogP contribution in [0.25, 0.3) is 22.3 Å². The lowest BCUT2D eigenvalue weighted by Gasteiger charge is -2.12. The van der Waals surface area contributed by atoms with Crippen LogP contribution in [0.5, 0.6) is 5.75 Å². The number of hydrogen-bond acceptors (Lipinski definition) is 3.